The summed E-state index contributed by atoms with van der Waals surface area (Å²) in [4.78, 5) is 35.4. The Hall–Kier alpha value is -1.77. The standard InChI is InChI=1S/C81H156NO8P/c1-3-5-7-9-11-13-15-17-19-21-23-25-27-29-31-33-34-35-36-37-38-39-40-41-42-43-44-46-47-49-51-53-55-57-59-61-63-65-67-69-71-73-80(83)87-77-79(78-89-91(85,86)88-76-75-82)90-81(84)74-72-70-68-66-64-62-60-58-56-54-52-50-48-45-32-30-28-26-24-22-20-18-16-14-12-10-8-6-4-2/h16,18,21-24,79H,3-15,17,19-20,25-78,82H2,1-2H3,(H,85,86)/b18-16-,23-21-,24-22-. The normalized spacial score (nSPS) is 13.0. The first kappa shape index (κ1) is 89.2. The van der Waals surface area contributed by atoms with E-state index in [9.17, 15) is 19.0 Å². The van der Waals surface area contributed by atoms with Crippen LogP contribution < -0.4 is 5.73 Å². The molecule has 0 bridgehead atoms. The molecule has 0 fully saturated rings. The lowest BCUT2D eigenvalue weighted by Crippen LogP contribution is -2.29. The van der Waals surface area contributed by atoms with Gasteiger partial charge in [0.15, 0.2) is 6.10 Å². The van der Waals surface area contributed by atoms with Gasteiger partial charge in [-0.25, -0.2) is 4.57 Å². The van der Waals surface area contributed by atoms with E-state index in [1.165, 1.54) is 366 Å². The zero-order valence-electron chi connectivity index (χ0n) is 60.9. The zero-order chi connectivity index (χ0) is 65.8. The molecule has 538 valence electrons. The number of phosphoric acid groups is 1. The summed E-state index contributed by atoms with van der Waals surface area (Å²) in [6.07, 6.45) is 98.7. The number of rotatable bonds is 78. The van der Waals surface area contributed by atoms with E-state index in [-0.39, 0.29) is 38.6 Å². The van der Waals surface area contributed by atoms with E-state index in [2.05, 4.69) is 50.3 Å². The second-order valence-electron chi connectivity index (χ2n) is 27.6. The molecule has 0 aromatic carbocycles. The Morgan fingerprint density at radius 3 is 0.846 bits per heavy atom. The Labute approximate surface area is 566 Å². The molecule has 3 N–H and O–H groups in total. The van der Waals surface area contributed by atoms with Crippen molar-refractivity contribution >= 4 is 19.8 Å². The SMILES string of the molecule is CCCCCCC/C=C\C/C=C\CCCCCCCCCCCCCCCCCCCC(=O)OC(COC(=O)CCCCCCCCCCCCCCCCCCCCCCCCCCCCCCC/C=C\CCCCCCCCCC)COP(=O)(O)OCCN. The number of hydrogen-bond donors (Lipinski definition) is 2. The van der Waals surface area contributed by atoms with Gasteiger partial charge in [-0.2, -0.15) is 0 Å². The summed E-state index contributed by atoms with van der Waals surface area (Å²) >= 11 is 0. The minimum absolute atomic E-state index is 0.0563. The summed E-state index contributed by atoms with van der Waals surface area (Å²) in [7, 11) is -4.39. The number of allylic oxidation sites excluding steroid dienone is 6. The first-order chi connectivity index (χ1) is 44.8. The molecule has 0 heterocycles. The first-order valence-electron chi connectivity index (χ1n) is 40.5. The lowest BCUT2D eigenvalue weighted by molar-refractivity contribution is -0.161. The molecule has 0 radical (unpaired) electrons. The lowest BCUT2D eigenvalue weighted by atomic mass is 10.0. The molecular weight excluding hydrogens is 1150 g/mol. The summed E-state index contributed by atoms with van der Waals surface area (Å²) in [6, 6.07) is 0. The van der Waals surface area contributed by atoms with Crippen LogP contribution in [0.2, 0.25) is 0 Å². The van der Waals surface area contributed by atoms with Crippen LogP contribution in [0.25, 0.3) is 0 Å². The molecule has 91 heavy (non-hydrogen) atoms. The number of carbonyl (C=O) groups is 2. The Balaban J connectivity index is 3.72. The molecule has 0 saturated carbocycles. The van der Waals surface area contributed by atoms with Gasteiger partial charge in [0, 0.05) is 19.4 Å². The Kier molecular flexibility index (Phi) is 75.7. The highest BCUT2D eigenvalue weighted by atomic mass is 31.2. The first-order valence-corrected chi connectivity index (χ1v) is 42.0. The molecule has 0 aliphatic heterocycles. The fraction of sp³-hybridized carbons (Fsp3) is 0.901. The highest BCUT2D eigenvalue weighted by molar-refractivity contribution is 7.47. The van der Waals surface area contributed by atoms with Crippen molar-refractivity contribution in [3.05, 3.63) is 36.5 Å². The van der Waals surface area contributed by atoms with Gasteiger partial charge in [0.2, 0.25) is 0 Å². The Morgan fingerprint density at radius 2 is 0.571 bits per heavy atom. The van der Waals surface area contributed by atoms with Crippen molar-refractivity contribution in [1.82, 2.24) is 0 Å². The zero-order valence-corrected chi connectivity index (χ0v) is 61.8. The van der Waals surface area contributed by atoms with E-state index in [1.54, 1.807) is 0 Å². The molecule has 0 amide bonds. The van der Waals surface area contributed by atoms with Gasteiger partial charge in [-0.15, -0.1) is 0 Å². The number of esters is 2. The molecule has 10 heteroatoms. The summed E-state index contributed by atoms with van der Waals surface area (Å²) in [5.41, 5.74) is 5.41. The van der Waals surface area contributed by atoms with Crippen molar-refractivity contribution in [3.63, 3.8) is 0 Å². The van der Waals surface area contributed by atoms with Crippen molar-refractivity contribution in [3.8, 4) is 0 Å². The lowest BCUT2D eigenvalue weighted by Gasteiger charge is -2.19. The molecule has 0 rings (SSSR count). The van der Waals surface area contributed by atoms with E-state index in [0.717, 1.165) is 38.5 Å². The minimum Gasteiger partial charge on any atom is -0.462 e. The molecule has 0 aliphatic carbocycles. The summed E-state index contributed by atoms with van der Waals surface area (Å²) in [6.45, 7) is 3.82. The number of nitrogens with two attached hydrogens (primary N) is 1. The topological polar surface area (TPSA) is 134 Å². The molecular formula is C81H156NO8P. The second kappa shape index (κ2) is 77.2. The van der Waals surface area contributed by atoms with Gasteiger partial charge < -0.3 is 20.1 Å². The van der Waals surface area contributed by atoms with Crippen molar-refractivity contribution in [2.45, 2.75) is 444 Å². The number of phosphoric ester groups is 1. The predicted octanol–water partition coefficient (Wildman–Crippen LogP) is 27.0. The van der Waals surface area contributed by atoms with Crippen LogP contribution in [0.3, 0.4) is 0 Å². The van der Waals surface area contributed by atoms with Crippen molar-refractivity contribution in [2.24, 2.45) is 5.73 Å². The highest BCUT2D eigenvalue weighted by Crippen LogP contribution is 2.43. The van der Waals surface area contributed by atoms with Crippen molar-refractivity contribution < 1.29 is 37.6 Å². The summed E-state index contributed by atoms with van der Waals surface area (Å²) < 4.78 is 33.3. The van der Waals surface area contributed by atoms with E-state index < -0.39 is 26.5 Å². The molecule has 0 saturated heterocycles. The van der Waals surface area contributed by atoms with Gasteiger partial charge in [-0.05, 0) is 70.6 Å². The maximum absolute atomic E-state index is 12.8. The maximum Gasteiger partial charge on any atom is 0.472 e. The molecule has 9 nitrogen and oxygen atoms in total. The van der Waals surface area contributed by atoms with Gasteiger partial charge in [0.1, 0.15) is 6.61 Å². The van der Waals surface area contributed by atoms with E-state index in [4.69, 9.17) is 24.3 Å². The summed E-state index contributed by atoms with van der Waals surface area (Å²) in [5.74, 6) is -0.802. The fourth-order valence-corrected chi connectivity index (χ4v) is 13.3. The average molecular weight is 1300 g/mol. The highest BCUT2D eigenvalue weighted by Gasteiger charge is 2.26. The Morgan fingerprint density at radius 1 is 0.330 bits per heavy atom. The van der Waals surface area contributed by atoms with Crippen LogP contribution in [0.4, 0.5) is 0 Å². The van der Waals surface area contributed by atoms with Gasteiger partial charge >= 0.3 is 19.8 Å². The average Bonchev–Trinajstić information content (AvgIpc) is 3.68. The number of ether oxygens (including phenoxy) is 2. The number of unbranched alkanes of at least 4 members (excludes halogenated alkanes) is 59. The van der Waals surface area contributed by atoms with Crippen LogP contribution in [0.1, 0.15) is 438 Å². The van der Waals surface area contributed by atoms with Gasteiger partial charge in [0.25, 0.3) is 0 Å². The largest absolute Gasteiger partial charge is 0.472 e. The van der Waals surface area contributed by atoms with Crippen LogP contribution >= 0.6 is 7.82 Å². The monoisotopic (exact) mass is 1300 g/mol. The van der Waals surface area contributed by atoms with E-state index >= 15 is 0 Å². The second-order valence-corrected chi connectivity index (χ2v) is 29.1. The molecule has 2 unspecified atom stereocenters. The number of carbonyl (C=O) groups excluding carboxylic acids is 2. The van der Waals surface area contributed by atoms with Gasteiger partial charge in [-0.3, -0.25) is 18.6 Å². The maximum atomic E-state index is 12.8. The molecule has 0 spiro atoms. The molecule has 0 aromatic heterocycles. The predicted molar refractivity (Wildman–Crippen MR) is 395 cm³/mol. The van der Waals surface area contributed by atoms with Gasteiger partial charge in [0.05, 0.1) is 13.2 Å². The van der Waals surface area contributed by atoms with Crippen LogP contribution in [-0.2, 0) is 32.7 Å². The third-order valence-corrected chi connectivity index (χ3v) is 19.5. The minimum atomic E-state index is -4.39. The third-order valence-electron chi connectivity index (χ3n) is 18.5. The van der Waals surface area contributed by atoms with Crippen LogP contribution in [0.5, 0.6) is 0 Å². The van der Waals surface area contributed by atoms with E-state index in [1.807, 2.05) is 0 Å². The fourth-order valence-electron chi connectivity index (χ4n) is 12.5. The van der Waals surface area contributed by atoms with Crippen molar-refractivity contribution in [1.29, 1.82) is 0 Å². The molecule has 0 aliphatic rings. The molecule has 2 atom stereocenters. The third kappa shape index (κ3) is 77.1. The smallest absolute Gasteiger partial charge is 0.462 e. The quantitative estimate of drug-likeness (QED) is 0.0264. The molecule has 0 aromatic rings. The van der Waals surface area contributed by atoms with E-state index in [0.29, 0.717) is 6.42 Å². The van der Waals surface area contributed by atoms with Crippen LogP contribution in [0.15, 0.2) is 36.5 Å². The summed E-state index contributed by atoms with van der Waals surface area (Å²) in [5, 5.41) is 0. The van der Waals surface area contributed by atoms with Crippen LogP contribution in [0, 0.1) is 0 Å². The van der Waals surface area contributed by atoms with Crippen molar-refractivity contribution in [2.75, 3.05) is 26.4 Å². The van der Waals surface area contributed by atoms with Crippen LogP contribution in [-0.4, -0.2) is 49.3 Å². The van der Waals surface area contributed by atoms with Gasteiger partial charge in [-0.1, -0.05) is 391 Å². The number of hydrogen-bond acceptors (Lipinski definition) is 8. The Bertz CT molecular complexity index is 1590.